The minimum Gasteiger partial charge on any atom is -0.493 e. The van der Waals surface area contributed by atoms with Crippen LogP contribution >= 0.6 is 23.1 Å². The van der Waals surface area contributed by atoms with Crippen molar-refractivity contribution >= 4 is 28.3 Å². The van der Waals surface area contributed by atoms with Gasteiger partial charge >= 0.3 is 0 Å². The van der Waals surface area contributed by atoms with Crippen LogP contribution in [0.3, 0.4) is 0 Å². The molecule has 20 heavy (non-hydrogen) atoms. The average Bonchev–Trinajstić information content (AvgIpc) is 2.85. The Balaban J connectivity index is 2.37. The second-order valence-electron chi connectivity index (χ2n) is 4.42. The number of hydrogen-bond donors (Lipinski definition) is 1. The van der Waals surface area contributed by atoms with Gasteiger partial charge in [0.15, 0.2) is 17.3 Å². The summed E-state index contributed by atoms with van der Waals surface area (Å²) in [6.45, 7) is 4.10. The van der Waals surface area contributed by atoms with Crippen molar-refractivity contribution < 1.29 is 9.47 Å². The van der Waals surface area contributed by atoms with E-state index in [1.54, 1.807) is 20.3 Å². The van der Waals surface area contributed by atoms with Crippen molar-refractivity contribution in [2.24, 2.45) is 0 Å². The second kappa shape index (κ2) is 6.28. The third-order valence-corrected chi connectivity index (χ3v) is 3.46. The molecule has 0 spiro atoms. The quantitative estimate of drug-likeness (QED) is 0.912. The fraction of sp³-hybridized carbons (Fsp3) is 0.385. The highest BCUT2D eigenvalue weighted by Gasteiger charge is 2.15. The molecule has 2 aromatic rings. The fourth-order valence-electron chi connectivity index (χ4n) is 1.69. The van der Waals surface area contributed by atoms with Gasteiger partial charge in [-0.05, 0) is 26.0 Å². The van der Waals surface area contributed by atoms with E-state index in [0.717, 1.165) is 10.7 Å². The Morgan fingerprint density at radius 1 is 1.25 bits per heavy atom. The number of rotatable bonds is 5. The SMILES string of the molecule is COc1cc(-c2nsc(NC(C)C)n2)cc(Cl)c1OC. The van der Waals surface area contributed by atoms with E-state index < -0.39 is 0 Å². The lowest BCUT2D eigenvalue weighted by Gasteiger charge is -2.10. The van der Waals surface area contributed by atoms with Gasteiger partial charge in [-0.3, -0.25) is 0 Å². The molecular formula is C13H16ClN3O2S. The number of halogens is 1. The molecule has 1 aromatic heterocycles. The lowest BCUT2D eigenvalue weighted by molar-refractivity contribution is 0.355. The zero-order valence-corrected chi connectivity index (χ0v) is 13.3. The standard InChI is InChI=1S/C13H16ClN3O2S/c1-7(2)15-13-16-12(17-20-13)8-5-9(14)11(19-4)10(6-8)18-3/h5-7H,1-4H3,(H,15,16,17). The smallest absolute Gasteiger partial charge is 0.203 e. The average molecular weight is 314 g/mol. The summed E-state index contributed by atoms with van der Waals surface area (Å²) in [7, 11) is 3.12. The molecule has 1 heterocycles. The van der Waals surface area contributed by atoms with Gasteiger partial charge in [-0.25, -0.2) is 0 Å². The van der Waals surface area contributed by atoms with Gasteiger partial charge in [0.1, 0.15) is 0 Å². The predicted molar refractivity (Wildman–Crippen MR) is 82.2 cm³/mol. The Labute approximate surface area is 127 Å². The maximum atomic E-state index is 6.18. The van der Waals surface area contributed by atoms with Crippen LogP contribution in [-0.2, 0) is 0 Å². The van der Waals surface area contributed by atoms with Crippen molar-refractivity contribution in [3.05, 3.63) is 17.2 Å². The van der Waals surface area contributed by atoms with Crippen LogP contribution in [0.25, 0.3) is 11.4 Å². The van der Waals surface area contributed by atoms with Gasteiger partial charge in [0.2, 0.25) is 5.13 Å². The van der Waals surface area contributed by atoms with Crippen LogP contribution in [-0.4, -0.2) is 29.6 Å². The number of anilines is 1. The minimum absolute atomic E-state index is 0.310. The molecule has 7 heteroatoms. The molecule has 0 saturated heterocycles. The summed E-state index contributed by atoms with van der Waals surface area (Å²) >= 11 is 7.50. The van der Waals surface area contributed by atoms with Gasteiger partial charge in [-0.15, -0.1) is 0 Å². The first kappa shape index (κ1) is 14.9. The number of nitrogens with one attached hydrogen (secondary N) is 1. The fourth-order valence-corrected chi connectivity index (χ4v) is 2.72. The van der Waals surface area contributed by atoms with Crippen molar-refractivity contribution in [3.63, 3.8) is 0 Å². The molecule has 0 amide bonds. The molecule has 0 aliphatic rings. The molecular weight excluding hydrogens is 298 g/mol. The number of methoxy groups -OCH3 is 2. The van der Waals surface area contributed by atoms with Crippen LogP contribution in [0, 0.1) is 0 Å². The Bertz CT molecular complexity index is 601. The van der Waals surface area contributed by atoms with E-state index in [0.29, 0.717) is 28.4 Å². The van der Waals surface area contributed by atoms with Crippen LogP contribution in [0.2, 0.25) is 5.02 Å². The molecule has 0 radical (unpaired) electrons. The van der Waals surface area contributed by atoms with Crippen molar-refractivity contribution in [2.75, 3.05) is 19.5 Å². The number of nitrogens with zero attached hydrogens (tertiary/aromatic N) is 2. The van der Waals surface area contributed by atoms with Crippen molar-refractivity contribution in [1.82, 2.24) is 9.36 Å². The predicted octanol–water partition coefficient (Wildman–Crippen LogP) is 3.70. The van der Waals surface area contributed by atoms with Crippen LogP contribution in [0.15, 0.2) is 12.1 Å². The maximum absolute atomic E-state index is 6.18. The summed E-state index contributed by atoms with van der Waals surface area (Å²) in [5.41, 5.74) is 0.792. The lowest BCUT2D eigenvalue weighted by Crippen LogP contribution is -2.08. The molecule has 1 aromatic carbocycles. The molecule has 0 aliphatic carbocycles. The second-order valence-corrected chi connectivity index (χ2v) is 5.57. The molecule has 0 unspecified atom stereocenters. The Hall–Kier alpha value is -1.53. The highest BCUT2D eigenvalue weighted by Crippen LogP contribution is 2.38. The number of ether oxygens (including phenoxy) is 2. The van der Waals surface area contributed by atoms with E-state index in [1.807, 2.05) is 19.9 Å². The van der Waals surface area contributed by atoms with E-state index in [4.69, 9.17) is 21.1 Å². The zero-order chi connectivity index (χ0) is 14.7. The molecule has 108 valence electrons. The number of benzene rings is 1. The lowest BCUT2D eigenvalue weighted by atomic mass is 10.2. The van der Waals surface area contributed by atoms with Gasteiger partial charge in [0, 0.05) is 23.1 Å². The van der Waals surface area contributed by atoms with Crippen molar-refractivity contribution in [3.8, 4) is 22.9 Å². The maximum Gasteiger partial charge on any atom is 0.203 e. The number of hydrogen-bond acceptors (Lipinski definition) is 6. The largest absolute Gasteiger partial charge is 0.493 e. The Kier molecular flexibility index (Phi) is 4.67. The normalized spacial score (nSPS) is 10.7. The van der Waals surface area contributed by atoms with E-state index >= 15 is 0 Å². The van der Waals surface area contributed by atoms with Crippen LogP contribution in [0.4, 0.5) is 5.13 Å². The van der Waals surface area contributed by atoms with Crippen molar-refractivity contribution in [1.29, 1.82) is 0 Å². The highest BCUT2D eigenvalue weighted by atomic mass is 35.5. The Morgan fingerprint density at radius 2 is 2.00 bits per heavy atom. The minimum atomic E-state index is 0.310. The first-order chi connectivity index (χ1) is 9.55. The summed E-state index contributed by atoms with van der Waals surface area (Å²) < 4.78 is 14.8. The van der Waals surface area contributed by atoms with Crippen molar-refractivity contribution in [2.45, 2.75) is 19.9 Å². The van der Waals surface area contributed by atoms with Gasteiger partial charge in [-0.2, -0.15) is 9.36 Å². The first-order valence-electron chi connectivity index (χ1n) is 6.07. The zero-order valence-electron chi connectivity index (χ0n) is 11.7. The van der Waals surface area contributed by atoms with Gasteiger partial charge in [0.25, 0.3) is 0 Å². The van der Waals surface area contributed by atoms with E-state index in [9.17, 15) is 0 Å². The monoisotopic (exact) mass is 313 g/mol. The molecule has 0 atom stereocenters. The summed E-state index contributed by atoms with van der Waals surface area (Å²) in [6, 6.07) is 3.89. The molecule has 0 fully saturated rings. The molecule has 0 aliphatic heterocycles. The highest BCUT2D eigenvalue weighted by molar-refractivity contribution is 7.09. The molecule has 0 bridgehead atoms. The van der Waals surface area contributed by atoms with E-state index in [-0.39, 0.29) is 0 Å². The topological polar surface area (TPSA) is 56.3 Å². The summed E-state index contributed by atoms with van der Waals surface area (Å²) in [5.74, 6) is 1.68. The summed E-state index contributed by atoms with van der Waals surface area (Å²) in [6.07, 6.45) is 0. The Morgan fingerprint density at radius 3 is 2.60 bits per heavy atom. The van der Waals surface area contributed by atoms with E-state index in [1.165, 1.54) is 11.5 Å². The molecule has 1 N–H and O–H groups in total. The molecule has 2 rings (SSSR count). The first-order valence-corrected chi connectivity index (χ1v) is 7.22. The van der Waals surface area contributed by atoms with Crippen LogP contribution in [0.5, 0.6) is 11.5 Å². The van der Waals surface area contributed by atoms with E-state index in [2.05, 4.69) is 14.7 Å². The van der Waals surface area contributed by atoms with Crippen LogP contribution < -0.4 is 14.8 Å². The summed E-state index contributed by atoms with van der Waals surface area (Å²) in [5, 5.41) is 4.46. The van der Waals surface area contributed by atoms with Gasteiger partial charge < -0.3 is 14.8 Å². The summed E-state index contributed by atoms with van der Waals surface area (Å²) in [4.78, 5) is 4.43. The third-order valence-electron chi connectivity index (χ3n) is 2.53. The van der Waals surface area contributed by atoms with Gasteiger partial charge in [-0.1, -0.05) is 11.6 Å². The van der Waals surface area contributed by atoms with Crippen LogP contribution in [0.1, 0.15) is 13.8 Å². The third kappa shape index (κ3) is 3.13. The molecule has 5 nitrogen and oxygen atoms in total. The molecule has 0 saturated carbocycles. The van der Waals surface area contributed by atoms with Gasteiger partial charge in [0.05, 0.1) is 19.2 Å². The number of aromatic nitrogens is 2.